The smallest absolute Gasteiger partial charge is 0.319 e. The van der Waals surface area contributed by atoms with E-state index in [0.29, 0.717) is 0 Å². The fourth-order valence-corrected chi connectivity index (χ4v) is 3.16. The molecule has 2 N–H and O–H groups in total. The van der Waals surface area contributed by atoms with Gasteiger partial charge in [-0.05, 0) is 46.1 Å². The second-order valence-corrected chi connectivity index (χ2v) is 6.36. The summed E-state index contributed by atoms with van der Waals surface area (Å²) in [6, 6.07) is 15.4. The second kappa shape index (κ2) is 7.61. The summed E-state index contributed by atoms with van der Waals surface area (Å²) in [7, 11) is 0. The lowest BCUT2D eigenvalue weighted by Crippen LogP contribution is -2.32. The van der Waals surface area contributed by atoms with Crippen molar-refractivity contribution in [3.63, 3.8) is 0 Å². The first-order valence-electron chi connectivity index (χ1n) is 6.67. The number of amides is 2. The van der Waals surface area contributed by atoms with Gasteiger partial charge in [-0.15, -0.1) is 0 Å². The van der Waals surface area contributed by atoms with Gasteiger partial charge in [0.25, 0.3) is 0 Å². The van der Waals surface area contributed by atoms with Crippen molar-refractivity contribution in [2.75, 3.05) is 5.32 Å². The van der Waals surface area contributed by atoms with Crippen LogP contribution in [0.25, 0.3) is 0 Å². The first kappa shape index (κ1) is 16.0. The van der Waals surface area contributed by atoms with E-state index in [1.54, 1.807) is 0 Å². The molecule has 0 bridgehead atoms. The average Bonchev–Trinajstić information content (AvgIpc) is 2.48. The highest BCUT2D eigenvalue weighted by Gasteiger charge is 2.13. The van der Waals surface area contributed by atoms with E-state index in [1.165, 1.54) is 0 Å². The Labute approximate surface area is 141 Å². The van der Waals surface area contributed by atoms with Gasteiger partial charge in [0.05, 0.1) is 11.7 Å². The first-order chi connectivity index (χ1) is 10.1. The highest BCUT2D eigenvalue weighted by Crippen LogP contribution is 2.26. The van der Waals surface area contributed by atoms with Crippen molar-refractivity contribution in [3.8, 4) is 0 Å². The van der Waals surface area contributed by atoms with Gasteiger partial charge in [0.15, 0.2) is 0 Å². The Bertz CT molecular complexity index is 617. The molecule has 21 heavy (non-hydrogen) atoms. The van der Waals surface area contributed by atoms with Gasteiger partial charge >= 0.3 is 6.03 Å². The van der Waals surface area contributed by atoms with Crippen LogP contribution in [0.3, 0.4) is 0 Å². The van der Waals surface area contributed by atoms with E-state index in [2.05, 4.69) is 42.5 Å². The van der Waals surface area contributed by atoms with E-state index in [1.807, 2.05) is 55.5 Å². The van der Waals surface area contributed by atoms with E-state index in [0.717, 1.165) is 26.6 Å². The third kappa shape index (κ3) is 4.58. The van der Waals surface area contributed by atoms with E-state index in [9.17, 15) is 4.79 Å². The van der Waals surface area contributed by atoms with Crippen molar-refractivity contribution in [1.82, 2.24) is 5.32 Å². The van der Waals surface area contributed by atoms with Crippen molar-refractivity contribution in [2.45, 2.75) is 19.4 Å². The summed E-state index contributed by atoms with van der Waals surface area (Å²) in [5.41, 5.74) is 1.84. The van der Waals surface area contributed by atoms with Gasteiger partial charge in [0.2, 0.25) is 0 Å². The number of carbonyl (C=O) groups is 1. The number of hydrogen-bond donors (Lipinski definition) is 2. The molecular weight excluding hydrogens is 396 g/mol. The van der Waals surface area contributed by atoms with Gasteiger partial charge < -0.3 is 10.6 Å². The predicted molar refractivity (Wildman–Crippen MR) is 93.5 cm³/mol. The van der Waals surface area contributed by atoms with Gasteiger partial charge in [-0.3, -0.25) is 0 Å². The van der Waals surface area contributed by atoms with Crippen LogP contribution in [0.15, 0.2) is 57.5 Å². The van der Waals surface area contributed by atoms with Crippen LogP contribution < -0.4 is 10.6 Å². The minimum atomic E-state index is -0.214. The van der Waals surface area contributed by atoms with Crippen LogP contribution in [0.5, 0.6) is 0 Å². The molecule has 2 amide bonds. The molecule has 0 aliphatic rings. The largest absolute Gasteiger partial charge is 0.331 e. The Balaban J connectivity index is 2.03. The molecule has 0 radical (unpaired) electrons. The maximum atomic E-state index is 12.1. The summed E-state index contributed by atoms with van der Waals surface area (Å²) < 4.78 is 1.79. The third-order valence-electron chi connectivity index (χ3n) is 3.09. The lowest BCUT2D eigenvalue weighted by molar-refractivity contribution is 0.248. The number of hydrogen-bond acceptors (Lipinski definition) is 1. The summed E-state index contributed by atoms with van der Waals surface area (Å²) in [4.78, 5) is 12.1. The lowest BCUT2D eigenvalue weighted by Gasteiger charge is -2.18. The molecule has 2 rings (SSSR count). The lowest BCUT2D eigenvalue weighted by atomic mass is 10.1. The molecule has 110 valence electrons. The Kier molecular flexibility index (Phi) is 5.82. The van der Waals surface area contributed by atoms with E-state index in [-0.39, 0.29) is 12.1 Å². The van der Waals surface area contributed by atoms with Crippen molar-refractivity contribution >= 4 is 43.6 Å². The maximum absolute atomic E-state index is 12.1. The second-order valence-electron chi connectivity index (χ2n) is 4.59. The minimum Gasteiger partial charge on any atom is -0.331 e. The molecule has 1 unspecified atom stereocenters. The van der Waals surface area contributed by atoms with Crippen LogP contribution in [0, 0.1) is 0 Å². The van der Waals surface area contributed by atoms with Crippen LogP contribution >= 0.6 is 31.9 Å². The van der Waals surface area contributed by atoms with E-state index >= 15 is 0 Å². The zero-order valence-corrected chi connectivity index (χ0v) is 14.7. The fraction of sp³-hybridized carbons (Fsp3) is 0.188. The zero-order chi connectivity index (χ0) is 15.2. The molecule has 0 aliphatic heterocycles. The summed E-state index contributed by atoms with van der Waals surface area (Å²) in [6.45, 7) is 2.05. The van der Waals surface area contributed by atoms with Crippen LogP contribution in [0.4, 0.5) is 10.5 Å². The average molecular weight is 412 g/mol. The van der Waals surface area contributed by atoms with Crippen LogP contribution in [0.2, 0.25) is 0 Å². The molecule has 0 aliphatic carbocycles. The van der Waals surface area contributed by atoms with Crippen molar-refractivity contribution < 1.29 is 4.79 Å². The van der Waals surface area contributed by atoms with Crippen molar-refractivity contribution in [3.05, 3.63) is 63.0 Å². The summed E-state index contributed by atoms with van der Waals surface area (Å²) in [6.07, 6.45) is 0.832. The number of anilines is 1. The highest BCUT2D eigenvalue weighted by atomic mass is 79.9. The fourth-order valence-electron chi connectivity index (χ4n) is 2.01. The summed E-state index contributed by atoms with van der Waals surface area (Å²) in [5, 5.41) is 5.84. The summed E-state index contributed by atoms with van der Waals surface area (Å²) in [5.74, 6) is 0. The monoisotopic (exact) mass is 410 g/mol. The molecule has 0 aromatic heterocycles. The number of benzene rings is 2. The Morgan fingerprint density at radius 1 is 1.14 bits per heavy atom. The molecule has 0 heterocycles. The van der Waals surface area contributed by atoms with Gasteiger partial charge in [-0.1, -0.05) is 53.2 Å². The standard InChI is InChI=1S/C16H16Br2N2O/c1-2-14(11-6-4-3-5-7-11)19-16(21)20-15-9-8-12(17)10-13(15)18/h3-10,14H,2H2,1H3,(H2,19,20,21). The zero-order valence-electron chi connectivity index (χ0n) is 11.6. The van der Waals surface area contributed by atoms with Crippen molar-refractivity contribution in [1.29, 1.82) is 0 Å². The SMILES string of the molecule is CCC(NC(=O)Nc1ccc(Br)cc1Br)c1ccccc1. The van der Waals surface area contributed by atoms with Crippen molar-refractivity contribution in [2.24, 2.45) is 0 Å². The van der Waals surface area contributed by atoms with Gasteiger partial charge in [-0.2, -0.15) is 0 Å². The number of nitrogens with one attached hydrogen (secondary N) is 2. The van der Waals surface area contributed by atoms with Gasteiger partial charge in [-0.25, -0.2) is 4.79 Å². The summed E-state index contributed by atoms with van der Waals surface area (Å²) >= 11 is 6.82. The molecule has 0 fully saturated rings. The molecule has 2 aromatic rings. The Morgan fingerprint density at radius 3 is 2.48 bits per heavy atom. The molecule has 0 saturated carbocycles. The molecule has 0 saturated heterocycles. The van der Waals surface area contributed by atoms with Gasteiger partial charge in [0, 0.05) is 8.95 Å². The Morgan fingerprint density at radius 2 is 1.86 bits per heavy atom. The molecule has 0 spiro atoms. The number of rotatable bonds is 4. The quantitative estimate of drug-likeness (QED) is 0.686. The minimum absolute atomic E-state index is 0.000392. The molecular formula is C16H16Br2N2O. The molecule has 3 nitrogen and oxygen atoms in total. The third-order valence-corrected chi connectivity index (χ3v) is 4.24. The van der Waals surface area contributed by atoms with E-state index < -0.39 is 0 Å². The first-order valence-corrected chi connectivity index (χ1v) is 8.26. The van der Waals surface area contributed by atoms with Crippen LogP contribution in [0.1, 0.15) is 24.9 Å². The predicted octanol–water partition coefficient (Wildman–Crippen LogP) is 5.48. The van der Waals surface area contributed by atoms with E-state index in [4.69, 9.17) is 0 Å². The molecule has 1 atom stereocenters. The van der Waals surface area contributed by atoms with Gasteiger partial charge in [0.1, 0.15) is 0 Å². The topological polar surface area (TPSA) is 41.1 Å². The number of carbonyl (C=O) groups excluding carboxylic acids is 1. The van der Waals surface area contributed by atoms with Crippen LogP contribution in [-0.4, -0.2) is 6.03 Å². The normalized spacial score (nSPS) is 11.8. The highest BCUT2D eigenvalue weighted by molar-refractivity contribution is 9.11. The number of urea groups is 1. The molecule has 5 heteroatoms. The molecule has 2 aromatic carbocycles. The Hall–Kier alpha value is -1.33. The number of halogens is 2. The maximum Gasteiger partial charge on any atom is 0.319 e. The van der Waals surface area contributed by atoms with Crippen LogP contribution in [-0.2, 0) is 0 Å².